The fraction of sp³-hybridized carbons (Fsp3) is 0.583. The van der Waals surface area contributed by atoms with E-state index in [0.717, 1.165) is 25.7 Å². The van der Waals surface area contributed by atoms with Crippen LogP contribution in [0.3, 0.4) is 0 Å². The summed E-state index contributed by atoms with van der Waals surface area (Å²) in [6.45, 7) is 1.53. The zero-order valence-electron chi connectivity index (χ0n) is 10.4. The molecule has 100 valence electrons. The third-order valence-corrected chi connectivity index (χ3v) is 3.85. The van der Waals surface area contributed by atoms with Crippen LogP contribution in [0.4, 0.5) is 0 Å². The minimum absolute atomic E-state index is 0.0365. The molecule has 0 amide bonds. The number of aromatic nitrogens is 1. The minimum Gasteiger partial charge on any atom is -0.493 e. The van der Waals surface area contributed by atoms with Gasteiger partial charge in [-0.15, -0.1) is 0 Å². The fourth-order valence-corrected chi connectivity index (χ4v) is 2.67. The zero-order valence-corrected chi connectivity index (χ0v) is 10.4. The number of ketones is 1. The Labute approximate surface area is 105 Å². The molecule has 0 unspecified atom stereocenters. The molecule has 1 aliphatic carbocycles. The summed E-state index contributed by atoms with van der Waals surface area (Å²) in [6, 6.07) is -0.640. The lowest BCUT2D eigenvalue weighted by Gasteiger charge is -2.17. The highest BCUT2D eigenvalue weighted by Gasteiger charge is 2.33. The lowest BCUT2D eigenvalue weighted by molar-refractivity contribution is 0.0929. The predicted molar refractivity (Wildman–Crippen MR) is 66.9 cm³/mol. The van der Waals surface area contributed by atoms with Crippen molar-refractivity contribution >= 4 is 5.78 Å². The van der Waals surface area contributed by atoms with Crippen molar-refractivity contribution in [2.45, 2.75) is 38.6 Å². The topological polar surface area (TPSA) is 114 Å². The van der Waals surface area contributed by atoms with E-state index in [-0.39, 0.29) is 28.7 Å². The molecule has 1 aliphatic rings. The maximum Gasteiger partial charge on any atom is 0.224 e. The Morgan fingerprint density at radius 1 is 1.33 bits per heavy atom. The Hall–Kier alpha value is -1.69. The predicted octanol–water partition coefficient (Wildman–Crippen LogP) is 0.622. The van der Waals surface area contributed by atoms with Gasteiger partial charge < -0.3 is 21.8 Å². The highest BCUT2D eigenvalue weighted by Crippen LogP contribution is 2.34. The molecular weight excluding hydrogens is 234 g/mol. The van der Waals surface area contributed by atoms with Gasteiger partial charge in [-0.05, 0) is 25.7 Å². The Morgan fingerprint density at radius 3 is 2.33 bits per heavy atom. The molecule has 0 saturated heterocycles. The van der Waals surface area contributed by atoms with Gasteiger partial charge >= 0.3 is 0 Å². The van der Waals surface area contributed by atoms with Crippen LogP contribution in [0.2, 0.25) is 0 Å². The number of hydrogen-bond donors (Lipinski definition) is 4. The van der Waals surface area contributed by atoms with E-state index in [4.69, 9.17) is 11.6 Å². The van der Waals surface area contributed by atoms with Gasteiger partial charge in [0.15, 0.2) is 5.78 Å². The maximum absolute atomic E-state index is 12.3. The summed E-state index contributed by atoms with van der Waals surface area (Å²) in [5.41, 5.74) is 6.27. The third kappa shape index (κ3) is 1.82. The fourth-order valence-electron chi connectivity index (χ4n) is 2.67. The largest absolute Gasteiger partial charge is 0.493 e. The van der Waals surface area contributed by atoms with Crippen molar-refractivity contribution < 1.29 is 15.0 Å². The van der Waals surface area contributed by atoms with Crippen LogP contribution in [-0.4, -0.2) is 26.7 Å². The highest BCUT2D eigenvalue weighted by atomic mass is 16.3. The molecule has 6 N–H and O–H groups in total. The van der Waals surface area contributed by atoms with E-state index in [9.17, 15) is 15.0 Å². The molecular formula is C12H19N3O3. The smallest absolute Gasteiger partial charge is 0.224 e. The molecule has 18 heavy (non-hydrogen) atoms. The second kappa shape index (κ2) is 4.53. The number of Topliss-reactive ketones (excluding diaryl/α,β-unsaturated/α-hetero) is 1. The first-order valence-corrected chi connectivity index (χ1v) is 6.13. The van der Waals surface area contributed by atoms with Crippen molar-refractivity contribution in [1.82, 2.24) is 4.68 Å². The van der Waals surface area contributed by atoms with Crippen molar-refractivity contribution in [2.24, 2.45) is 11.7 Å². The summed E-state index contributed by atoms with van der Waals surface area (Å²) in [6.07, 6.45) is 4.03. The molecule has 1 heterocycles. The molecule has 1 aromatic rings. The number of rotatable bonds is 3. The molecule has 0 aromatic carbocycles. The first-order chi connectivity index (χ1) is 8.45. The van der Waals surface area contributed by atoms with Crippen molar-refractivity contribution in [1.29, 1.82) is 0 Å². The summed E-state index contributed by atoms with van der Waals surface area (Å²) in [4.78, 5) is 12.3. The van der Waals surface area contributed by atoms with Gasteiger partial charge in [0.25, 0.3) is 0 Å². The molecule has 6 nitrogen and oxygen atoms in total. The van der Waals surface area contributed by atoms with Gasteiger partial charge in [-0.25, -0.2) is 0 Å². The van der Waals surface area contributed by atoms with Gasteiger partial charge in [0.05, 0.1) is 11.6 Å². The first-order valence-electron chi connectivity index (χ1n) is 6.13. The van der Waals surface area contributed by atoms with Gasteiger partial charge in [-0.2, -0.15) is 4.68 Å². The van der Waals surface area contributed by atoms with Crippen LogP contribution in [0.1, 0.15) is 41.6 Å². The van der Waals surface area contributed by atoms with Crippen LogP contribution >= 0.6 is 0 Å². The average molecular weight is 253 g/mol. The van der Waals surface area contributed by atoms with Crippen molar-refractivity contribution in [3.8, 4) is 11.8 Å². The zero-order chi connectivity index (χ0) is 13.4. The molecule has 2 rings (SSSR count). The van der Waals surface area contributed by atoms with E-state index in [2.05, 4.69) is 0 Å². The van der Waals surface area contributed by atoms with Crippen LogP contribution in [0.25, 0.3) is 0 Å². The Kier molecular flexibility index (Phi) is 3.21. The number of nitrogen functional groups attached to an aromatic ring is 1. The summed E-state index contributed by atoms with van der Waals surface area (Å²) < 4.78 is 0.698. The molecule has 0 bridgehead atoms. The van der Waals surface area contributed by atoms with Crippen LogP contribution in [-0.2, 0) is 0 Å². The van der Waals surface area contributed by atoms with Crippen LogP contribution in [0.15, 0.2) is 0 Å². The second-order valence-corrected chi connectivity index (χ2v) is 4.95. The number of carbonyl (C=O) groups is 1. The average Bonchev–Trinajstić information content (AvgIpc) is 2.94. The molecule has 0 aliphatic heterocycles. The Balaban J connectivity index is 2.31. The van der Waals surface area contributed by atoms with E-state index in [1.807, 2.05) is 0 Å². The quantitative estimate of drug-likeness (QED) is 0.465. The summed E-state index contributed by atoms with van der Waals surface area (Å²) in [5.74, 6) is 4.48. The van der Waals surface area contributed by atoms with Gasteiger partial charge in [0.2, 0.25) is 11.8 Å². The second-order valence-electron chi connectivity index (χ2n) is 4.95. The van der Waals surface area contributed by atoms with Gasteiger partial charge in [0, 0.05) is 5.56 Å². The van der Waals surface area contributed by atoms with E-state index >= 15 is 0 Å². The Morgan fingerprint density at radius 2 is 1.89 bits per heavy atom. The maximum atomic E-state index is 12.3. The summed E-state index contributed by atoms with van der Waals surface area (Å²) in [5, 5.41) is 19.4. The SMILES string of the molecule is Cc1c(C(=O)[C@@H](N)C2CCCC2)c(O)n(N)c1O. The van der Waals surface area contributed by atoms with Gasteiger partial charge in [-0.3, -0.25) is 4.79 Å². The monoisotopic (exact) mass is 253 g/mol. The summed E-state index contributed by atoms with van der Waals surface area (Å²) >= 11 is 0. The number of aromatic hydroxyl groups is 2. The van der Waals surface area contributed by atoms with Gasteiger partial charge in [-0.1, -0.05) is 12.8 Å². The molecule has 6 heteroatoms. The lowest BCUT2D eigenvalue weighted by Crippen LogP contribution is -2.37. The normalized spacial score (nSPS) is 18.1. The van der Waals surface area contributed by atoms with E-state index in [1.165, 1.54) is 6.92 Å². The van der Waals surface area contributed by atoms with Crippen LogP contribution in [0, 0.1) is 12.8 Å². The summed E-state index contributed by atoms with van der Waals surface area (Å²) in [7, 11) is 0. The molecule has 1 atom stereocenters. The van der Waals surface area contributed by atoms with Crippen LogP contribution in [0.5, 0.6) is 11.8 Å². The number of nitrogens with two attached hydrogens (primary N) is 2. The third-order valence-electron chi connectivity index (χ3n) is 3.85. The van der Waals surface area contributed by atoms with E-state index in [1.54, 1.807) is 0 Å². The van der Waals surface area contributed by atoms with E-state index in [0.29, 0.717) is 4.68 Å². The van der Waals surface area contributed by atoms with E-state index < -0.39 is 11.9 Å². The van der Waals surface area contributed by atoms with Crippen molar-refractivity contribution in [3.05, 3.63) is 11.1 Å². The standard InChI is InChI=1S/C12H19N3O3/c1-6-8(12(18)15(14)11(6)17)10(16)9(13)7-4-2-3-5-7/h7,9,17-18H,2-5,13-14H2,1H3/t9-/m0/s1. The highest BCUT2D eigenvalue weighted by molar-refractivity contribution is 6.04. The molecule has 1 fully saturated rings. The minimum atomic E-state index is -0.640. The molecule has 1 saturated carbocycles. The first kappa shape index (κ1) is 12.8. The number of hydrogen-bond acceptors (Lipinski definition) is 5. The van der Waals surface area contributed by atoms with Crippen LogP contribution < -0.4 is 11.6 Å². The molecule has 1 aromatic heterocycles. The number of carbonyl (C=O) groups excluding carboxylic acids is 1. The number of nitrogens with zero attached hydrogens (tertiary/aromatic N) is 1. The lowest BCUT2D eigenvalue weighted by atomic mass is 9.91. The molecule has 0 spiro atoms. The Bertz CT molecular complexity index is 450. The van der Waals surface area contributed by atoms with Crippen molar-refractivity contribution in [2.75, 3.05) is 5.84 Å². The van der Waals surface area contributed by atoms with Gasteiger partial charge in [0.1, 0.15) is 0 Å². The molecule has 0 radical (unpaired) electrons. The van der Waals surface area contributed by atoms with Crippen molar-refractivity contribution in [3.63, 3.8) is 0 Å².